The van der Waals surface area contributed by atoms with E-state index in [0.717, 1.165) is 44.3 Å². The summed E-state index contributed by atoms with van der Waals surface area (Å²) in [5.74, 6) is -6.51. The fraction of sp³-hybridized carbons (Fsp3) is 1.00. The first kappa shape index (κ1) is 51.2. The Bertz CT molecular complexity index is 691. The van der Waals surface area contributed by atoms with Gasteiger partial charge in [0.05, 0.1) is 0 Å². The molecule has 0 aliphatic carbocycles. The normalized spacial score (nSPS) is 13.6. The molecule has 258 valence electrons. The van der Waals surface area contributed by atoms with Crippen molar-refractivity contribution < 1.29 is 112 Å². The molecule has 0 aromatic rings. The second-order valence-electron chi connectivity index (χ2n) is 10.2. The molecule has 1 unspecified atom stereocenters. The van der Waals surface area contributed by atoms with Gasteiger partial charge in [-0.1, -0.05) is 53.4 Å². The Morgan fingerprint density at radius 2 is 0.930 bits per heavy atom. The molecule has 0 saturated carbocycles. The van der Waals surface area contributed by atoms with Gasteiger partial charge in [-0.25, -0.2) is 0 Å². The van der Waals surface area contributed by atoms with Crippen molar-refractivity contribution >= 4 is 22.6 Å². The molecule has 0 aliphatic heterocycles. The maximum absolute atomic E-state index is 12.6. The SMILES string of the molecule is CC(C)CCCCS(=O)CCCC(F)(F)C(F)(F)F.CC(C)CCCCSCCCC(F)(F)C(F)(F)F.[Na+].[O-][I+3]([O-])([O-])[O-]. The molecule has 19 heteroatoms. The van der Waals surface area contributed by atoms with Crippen LogP contribution in [0.3, 0.4) is 0 Å². The van der Waals surface area contributed by atoms with Gasteiger partial charge in [0.2, 0.25) is 0 Å². The Kier molecular flexibility index (Phi) is 30.2. The van der Waals surface area contributed by atoms with Crippen LogP contribution < -0.4 is 63.4 Å². The molecule has 0 aromatic heterocycles. The van der Waals surface area contributed by atoms with Crippen molar-refractivity contribution in [3.63, 3.8) is 0 Å². The van der Waals surface area contributed by atoms with E-state index >= 15 is 0 Å². The number of thioether (sulfide) groups is 1. The van der Waals surface area contributed by atoms with Crippen LogP contribution in [-0.2, 0) is 10.8 Å². The molecular weight excluding hydrogens is 772 g/mol. The number of alkyl halides is 10. The van der Waals surface area contributed by atoms with Gasteiger partial charge in [-0.2, -0.15) is 55.7 Å². The minimum Gasteiger partial charge on any atom is -0.286 e. The van der Waals surface area contributed by atoms with E-state index < -0.39 is 67.9 Å². The molecule has 0 radical (unpaired) electrons. The van der Waals surface area contributed by atoms with Gasteiger partial charge in [0, 0.05) is 35.1 Å². The third-order valence-corrected chi connectivity index (χ3v) is 7.84. The van der Waals surface area contributed by atoms with Crippen LogP contribution in [0, 0.1) is 11.8 Å². The molecule has 0 fully saturated rings. The Hall–Kier alpha value is 1.37. The molecule has 43 heavy (non-hydrogen) atoms. The standard InChI is InChI=1S/C12H21F5OS.C12H21F5S.IO4.Na/c1-10(2)6-3-4-8-19(18)9-5-7-11(13,14)12(15,16)17;1-10(2)6-3-4-8-18-9-5-7-11(13,14)12(15,16)17;2-1(3,4)5;/h10H,3-9H2,1-2H3;10H,3-9H2,1-2H3;;/q;;-1;+1. The van der Waals surface area contributed by atoms with Gasteiger partial charge in [-0.3, -0.25) is 18.0 Å². The summed E-state index contributed by atoms with van der Waals surface area (Å²) in [4.78, 5) is 0. The molecular formula is C24H42F10INaO5S2. The van der Waals surface area contributed by atoms with Crippen molar-refractivity contribution in [3.05, 3.63) is 0 Å². The van der Waals surface area contributed by atoms with Crippen molar-refractivity contribution in [3.8, 4) is 0 Å². The molecule has 0 bridgehead atoms. The largest absolute Gasteiger partial charge is 1.00 e. The number of hydrogen-bond acceptors (Lipinski definition) is 6. The topological polar surface area (TPSA) is 109 Å². The summed E-state index contributed by atoms with van der Waals surface area (Å²) in [7, 11) is -1.30. The molecule has 0 heterocycles. The molecule has 0 N–H and O–H groups in total. The number of hydrogen-bond donors (Lipinski definition) is 0. The first-order valence-corrected chi connectivity index (χ1v) is 19.3. The molecule has 0 rings (SSSR count). The first-order chi connectivity index (χ1) is 18.7. The van der Waals surface area contributed by atoms with Crippen LogP contribution >= 0.6 is 11.8 Å². The minimum absolute atomic E-state index is 0. The molecule has 0 amide bonds. The van der Waals surface area contributed by atoms with Crippen LogP contribution in [0.1, 0.15) is 91.9 Å². The predicted molar refractivity (Wildman–Crippen MR) is 133 cm³/mol. The summed E-state index contributed by atoms with van der Waals surface area (Å²) >= 11 is -4.48. The van der Waals surface area contributed by atoms with Gasteiger partial charge in [0.25, 0.3) is 0 Å². The van der Waals surface area contributed by atoms with Gasteiger partial charge in [-0.05, 0) is 49.0 Å². The average Bonchev–Trinajstić information content (AvgIpc) is 2.76. The second kappa shape index (κ2) is 25.4. The minimum atomic E-state index is -5.94. The predicted octanol–water partition coefficient (Wildman–Crippen LogP) is -0.685. The van der Waals surface area contributed by atoms with Gasteiger partial charge in [0.15, 0.2) is 0 Å². The Labute approximate surface area is 283 Å². The summed E-state index contributed by atoms with van der Waals surface area (Å²) in [5.41, 5.74) is 0. The van der Waals surface area contributed by atoms with Crippen LogP contribution in [0.4, 0.5) is 43.9 Å². The molecule has 0 aromatic carbocycles. The van der Waals surface area contributed by atoms with E-state index in [1.54, 1.807) is 0 Å². The van der Waals surface area contributed by atoms with Crippen molar-refractivity contribution in [2.45, 2.75) is 116 Å². The number of unbranched alkanes of at least 4 members (excludes halogenated alkanes) is 2. The summed E-state index contributed by atoms with van der Waals surface area (Å²) in [5, 5.41) is 0. The summed E-state index contributed by atoms with van der Waals surface area (Å²) in [6.45, 7) is 8.39. The Morgan fingerprint density at radius 1 is 0.605 bits per heavy atom. The van der Waals surface area contributed by atoms with E-state index in [1.807, 2.05) is 0 Å². The zero-order valence-corrected chi connectivity index (χ0v) is 30.9. The second-order valence-corrected chi connectivity index (χ2v) is 15.3. The first-order valence-electron chi connectivity index (χ1n) is 13.2. The van der Waals surface area contributed by atoms with E-state index in [0.29, 0.717) is 23.3 Å². The number of rotatable bonds is 18. The molecule has 0 spiro atoms. The Morgan fingerprint density at radius 3 is 1.30 bits per heavy atom. The van der Waals surface area contributed by atoms with Crippen LogP contribution in [0.25, 0.3) is 0 Å². The summed E-state index contributed by atoms with van der Waals surface area (Å²) in [6.07, 6.45) is -7.92. The summed E-state index contributed by atoms with van der Waals surface area (Å²) in [6, 6.07) is 0. The van der Waals surface area contributed by atoms with Gasteiger partial charge in [-0.15, -0.1) is 0 Å². The fourth-order valence-electron chi connectivity index (χ4n) is 2.91. The quantitative estimate of drug-likeness (QED) is 0.0786. The zero-order valence-electron chi connectivity index (χ0n) is 25.1. The van der Waals surface area contributed by atoms with Crippen molar-refractivity contribution in [2.24, 2.45) is 11.8 Å². The van der Waals surface area contributed by atoms with Crippen LogP contribution in [0.5, 0.6) is 0 Å². The van der Waals surface area contributed by atoms with Crippen LogP contribution in [-0.4, -0.2) is 51.4 Å². The molecule has 5 nitrogen and oxygen atoms in total. The van der Waals surface area contributed by atoms with E-state index in [4.69, 9.17) is 13.7 Å². The van der Waals surface area contributed by atoms with Crippen LogP contribution in [0.15, 0.2) is 0 Å². The van der Waals surface area contributed by atoms with Gasteiger partial charge >= 0.3 is 53.8 Å². The van der Waals surface area contributed by atoms with E-state index in [9.17, 15) is 48.1 Å². The fourth-order valence-corrected chi connectivity index (χ4v) is 5.07. The number of halogens is 11. The Balaban J connectivity index is -0.000000299. The maximum atomic E-state index is 12.6. The molecule has 0 aliphatic rings. The van der Waals surface area contributed by atoms with Crippen molar-refractivity contribution in [1.82, 2.24) is 0 Å². The third-order valence-electron chi connectivity index (χ3n) is 5.20. The smallest absolute Gasteiger partial charge is 0.286 e. The summed E-state index contributed by atoms with van der Waals surface area (Å²) < 4.78 is 167. The van der Waals surface area contributed by atoms with E-state index in [2.05, 4.69) is 27.7 Å². The average molecular weight is 815 g/mol. The van der Waals surface area contributed by atoms with E-state index in [-0.39, 0.29) is 48.2 Å². The van der Waals surface area contributed by atoms with Crippen molar-refractivity contribution in [1.29, 1.82) is 0 Å². The van der Waals surface area contributed by atoms with E-state index in [1.165, 1.54) is 11.8 Å². The monoisotopic (exact) mass is 814 g/mol. The van der Waals surface area contributed by atoms with Gasteiger partial charge in [0.1, 0.15) is 20.1 Å². The third kappa shape index (κ3) is 36.1. The maximum Gasteiger partial charge on any atom is 1.00 e. The van der Waals surface area contributed by atoms with Crippen molar-refractivity contribution in [2.75, 3.05) is 23.0 Å². The van der Waals surface area contributed by atoms with Crippen LogP contribution in [0.2, 0.25) is 0 Å². The zero-order chi connectivity index (χ0) is 33.8. The molecule has 0 saturated heterocycles. The molecule has 1 atom stereocenters. The van der Waals surface area contributed by atoms with Gasteiger partial charge < -0.3 is 0 Å².